The van der Waals surface area contributed by atoms with E-state index in [2.05, 4.69) is 17.1 Å². The lowest BCUT2D eigenvalue weighted by molar-refractivity contribution is -0.138. The molecule has 0 atom stereocenters. The molecule has 1 aromatic rings. The van der Waals surface area contributed by atoms with Gasteiger partial charge in [-0.1, -0.05) is 13.0 Å². The van der Waals surface area contributed by atoms with Gasteiger partial charge in [-0.25, -0.2) is 4.39 Å². The second-order valence-electron chi connectivity index (χ2n) is 5.34. The van der Waals surface area contributed by atoms with Crippen molar-refractivity contribution in [3.8, 4) is 0 Å². The van der Waals surface area contributed by atoms with E-state index in [-0.39, 0.29) is 12.1 Å². The van der Waals surface area contributed by atoms with Crippen molar-refractivity contribution >= 4 is 0 Å². The van der Waals surface area contributed by atoms with Crippen molar-refractivity contribution in [2.24, 2.45) is 0 Å². The van der Waals surface area contributed by atoms with E-state index in [0.717, 1.165) is 19.2 Å². The van der Waals surface area contributed by atoms with Gasteiger partial charge in [0.25, 0.3) is 0 Å². The third-order valence-corrected chi connectivity index (χ3v) is 3.74. The first-order valence-corrected chi connectivity index (χ1v) is 7.22. The molecule has 0 amide bonds. The quantitative estimate of drug-likeness (QED) is 0.613. The zero-order valence-electron chi connectivity index (χ0n) is 12.0. The molecule has 0 unspecified atom stereocenters. The maximum atomic E-state index is 13.0. The summed E-state index contributed by atoms with van der Waals surface area (Å²) < 4.78 is 51.5. The van der Waals surface area contributed by atoms with Gasteiger partial charge in [0.05, 0.1) is 5.56 Å². The van der Waals surface area contributed by atoms with Crippen LogP contribution < -0.4 is 5.32 Å². The van der Waals surface area contributed by atoms with Crippen LogP contribution in [0.5, 0.6) is 0 Å². The number of rotatable bonds is 7. The van der Waals surface area contributed by atoms with E-state index in [4.69, 9.17) is 0 Å². The molecule has 1 fully saturated rings. The molecule has 1 saturated carbocycles. The highest BCUT2D eigenvalue weighted by atomic mass is 19.4. The van der Waals surface area contributed by atoms with Crippen LogP contribution in [0, 0.1) is 5.82 Å². The van der Waals surface area contributed by atoms with Crippen LogP contribution in [0.3, 0.4) is 0 Å². The first-order valence-electron chi connectivity index (χ1n) is 7.22. The first kappa shape index (κ1) is 16.2. The predicted molar refractivity (Wildman–Crippen MR) is 73.4 cm³/mol. The van der Waals surface area contributed by atoms with Crippen LogP contribution in [0.15, 0.2) is 18.2 Å². The Labute approximate surface area is 122 Å². The number of halogens is 4. The van der Waals surface area contributed by atoms with Crippen LogP contribution in [0.2, 0.25) is 0 Å². The maximum absolute atomic E-state index is 13.0. The maximum Gasteiger partial charge on any atom is 0.416 e. The van der Waals surface area contributed by atoms with Crippen molar-refractivity contribution in [3.63, 3.8) is 0 Å². The zero-order chi connectivity index (χ0) is 15.5. The Bertz CT molecular complexity index is 469. The lowest BCUT2D eigenvalue weighted by Crippen LogP contribution is -2.33. The van der Waals surface area contributed by atoms with Gasteiger partial charge in [0.2, 0.25) is 0 Å². The molecule has 1 N–H and O–H groups in total. The summed E-state index contributed by atoms with van der Waals surface area (Å²) in [6.07, 6.45) is -2.10. The molecule has 2 rings (SSSR count). The summed E-state index contributed by atoms with van der Waals surface area (Å²) in [5, 5.41) is 3.02. The van der Waals surface area contributed by atoms with Gasteiger partial charge in [-0.05, 0) is 37.1 Å². The largest absolute Gasteiger partial charge is 0.416 e. The Kier molecular flexibility index (Phi) is 5.22. The Balaban J connectivity index is 1.88. The minimum Gasteiger partial charge on any atom is -0.311 e. The monoisotopic (exact) mass is 304 g/mol. The van der Waals surface area contributed by atoms with Gasteiger partial charge in [-0.15, -0.1) is 0 Å². The molecule has 0 aliphatic heterocycles. The van der Waals surface area contributed by atoms with Crippen molar-refractivity contribution < 1.29 is 17.6 Å². The van der Waals surface area contributed by atoms with Crippen molar-refractivity contribution in [2.45, 2.75) is 38.5 Å². The fraction of sp³-hybridized carbons (Fsp3) is 0.600. The van der Waals surface area contributed by atoms with E-state index >= 15 is 0 Å². The number of likely N-dealkylation sites (N-methyl/N-ethyl adjacent to an activating group) is 1. The summed E-state index contributed by atoms with van der Waals surface area (Å²) in [5.41, 5.74) is -0.817. The molecule has 1 aliphatic rings. The number of hydrogen-bond acceptors (Lipinski definition) is 2. The molecule has 0 spiro atoms. The fourth-order valence-electron chi connectivity index (χ4n) is 2.45. The van der Waals surface area contributed by atoms with Crippen LogP contribution in [0.25, 0.3) is 0 Å². The minimum atomic E-state index is -4.53. The van der Waals surface area contributed by atoms with Gasteiger partial charge < -0.3 is 5.32 Å². The third kappa shape index (κ3) is 4.68. The van der Waals surface area contributed by atoms with Crippen molar-refractivity contribution in [3.05, 3.63) is 35.1 Å². The number of alkyl halides is 3. The second kappa shape index (κ2) is 6.75. The molecule has 1 aliphatic carbocycles. The number of hydrogen-bond donors (Lipinski definition) is 1. The van der Waals surface area contributed by atoms with Crippen molar-refractivity contribution in [1.29, 1.82) is 0 Å². The summed E-state index contributed by atoms with van der Waals surface area (Å²) in [6, 6.07) is 3.46. The molecular formula is C15H20F4N2. The van der Waals surface area contributed by atoms with Crippen LogP contribution >= 0.6 is 0 Å². The molecule has 0 saturated heterocycles. The van der Waals surface area contributed by atoms with E-state index in [9.17, 15) is 17.6 Å². The average molecular weight is 304 g/mol. The highest BCUT2D eigenvalue weighted by molar-refractivity contribution is 5.30. The van der Waals surface area contributed by atoms with Crippen molar-refractivity contribution in [1.82, 2.24) is 10.2 Å². The molecule has 0 heterocycles. The van der Waals surface area contributed by atoms with Crippen LogP contribution in [-0.4, -0.2) is 30.6 Å². The van der Waals surface area contributed by atoms with Gasteiger partial charge in [0.1, 0.15) is 5.82 Å². The van der Waals surface area contributed by atoms with Crippen molar-refractivity contribution in [2.75, 3.05) is 19.6 Å². The third-order valence-electron chi connectivity index (χ3n) is 3.74. The second-order valence-corrected chi connectivity index (χ2v) is 5.34. The molecule has 0 aromatic heterocycles. The smallest absolute Gasteiger partial charge is 0.311 e. The molecule has 0 radical (unpaired) electrons. The highest BCUT2D eigenvalue weighted by Crippen LogP contribution is 2.32. The number of nitrogens with zero attached hydrogens (tertiary/aromatic N) is 1. The van der Waals surface area contributed by atoms with E-state index in [0.29, 0.717) is 18.7 Å². The Morgan fingerprint density at radius 3 is 2.57 bits per heavy atom. The van der Waals surface area contributed by atoms with Gasteiger partial charge in [0, 0.05) is 25.7 Å². The van der Waals surface area contributed by atoms with Gasteiger partial charge in [-0.3, -0.25) is 4.90 Å². The van der Waals surface area contributed by atoms with E-state index in [1.54, 1.807) is 0 Å². The Hall–Kier alpha value is -1.14. The summed E-state index contributed by atoms with van der Waals surface area (Å²) in [7, 11) is 0. The predicted octanol–water partition coefficient (Wildman–Crippen LogP) is 3.42. The number of benzene rings is 1. The summed E-state index contributed by atoms with van der Waals surface area (Å²) in [4.78, 5) is 2.32. The van der Waals surface area contributed by atoms with Crippen LogP contribution in [-0.2, 0) is 12.7 Å². The summed E-state index contributed by atoms with van der Waals surface area (Å²) in [5.74, 6) is -0.864. The molecule has 6 heteroatoms. The zero-order valence-corrected chi connectivity index (χ0v) is 12.0. The van der Waals surface area contributed by atoms with E-state index < -0.39 is 17.6 Å². The van der Waals surface area contributed by atoms with Gasteiger partial charge >= 0.3 is 6.18 Å². The Morgan fingerprint density at radius 2 is 2.00 bits per heavy atom. The minimum absolute atomic E-state index is 0.0818. The molecule has 118 valence electrons. The van der Waals surface area contributed by atoms with E-state index in [1.807, 2.05) is 0 Å². The molecular weight excluding hydrogens is 284 g/mol. The summed E-state index contributed by atoms with van der Waals surface area (Å²) >= 11 is 0. The topological polar surface area (TPSA) is 15.3 Å². The first-order chi connectivity index (χ1) is 9.91. The standard InChI is InChI=1S/C15H20F4N2/c1-2-21(13-5-6-13)8-7-20-10-11-3-4-12(16)9-14(11)15(17,18)19/h3-4,9,13,20H,2,5-8,10H2,1H3. The fourth-order valence-corrected chi connectivity index (χ4v) is 2.45. The van der Waals surface area contributed by atoms with Crippen LogP contribution in [0.4, 0.5) is 17.6 Å². The highest BCUT2D eigenvalue weighted by Gasteiger charge is 2.33. The van der Waals surface area contributed by atoms with Gasteiger partial charge in [0.15, 0.2) is 0 Å². The normalized spacial score (nSPS) is 15.7. The number of nitrogens with one attached hydrogen (secondary N) is 1. The average Bonchev–Trinajstić information content (AvgIpc) is 3.23. The lowest BCUT2D eigenvalue weighted by atomic mass is 10.1. The summed E-state index contributed by atoms with van der Waals surface area (Å²) in [6.45, 7) is 4.58. The SMILES string of the molecule is CCN(CCNCc1ccc(F)cc1C(F)(F)F)C1CC1. The molecule has 2 nitrogen and oxygen atoms in total. The molecule has 21 heavy (non-hydrogen) atoms. The lowest BCUT2D eigenvalue weighted by Gasteiger charge is -2.20. The Morgan fingerprint density at radius 1 is 1.29 bits per heavy atom. The van der Waals surface area contributed by atoms with E-state index in [1.165, 1.54) is 18.9 Å². The molecule has 1 aromatic carbocycles. The molecule has 0 bridgehead atoms. The van der Waals surface area contributed by atoms with Gasteiger partial charge in [-0.2, -0.15) is 13.2 Å². The van der Waals surface area contributed by atoms with Crippen LogP contribution in [0.1, 0.15) is 30.9 Å².